The quantitative estimate of drug-likeness (QED) is 0.314. The molecule has 1 fully saturated rings. The van der Waals surface area contributed by atoms with Crippen molar-refractivity contribution in [1.29, 1.82) is 0 Å². The summed E-state index contributed by atoms with van der Waals surface area (Å²) < 4.78 is 29.2. The van der Waals surface area contributed by atoms with Crippen LogP contribution in [-0.2, 0) is 11.3 Å². The Bertz CT molecular complexity index is 1340. The van der Waals surface area contributed by atoms with Gasteiger partial charge in [0.1, 0.15) is 17.3 Å². The first-order valence-electron chi connectivity index (χ1n) is 11.9. The Labute approximate surface area is 202 Å². The van der Waals surface area contributed by atoms with Crippen LogP contribution in [0.15, 0.2) is 67.0 Å². The van der Waals surface area contributed by atoms with Gasteiger partial charge in [0.25, 0.3) is 0 Å². The summed E-state index contributed by atoms with van der Waals surface area (Å²) in [4.78, 5) is 15.5. The molecule has 2 aromatic heterocycles. The highest BCUT2D eigenvalue weighted by molar-refractivity contribution is 5.67. The summed E-state index contributed by atoms with van der Waals surface area (Å²) >= 11 is 0. The number of aliphatic carboxylic acids is 1. The van der Waals surface area contributed by atoms with E-state index in [-0.39, 0.29) is 18.7 Å². The van der Waals surface area contributed by atoms with Gasteiger partial charge in [-0.2, -0.15) is 0 Å². The van der Waals surface area contributed by atoms with Crippen molar-refractivity contribution >= 4 is 17.3 Å². The molecule has 7 heteroatoms. The number of hydrogen-bond donors (Lipinski definition) is 2. The van der Waals surface area contributed by atoms with Crippen LogP contribution >= 0.6 is 0 Å². The first kappa shape index (κ1) is 23.0. The third-order valence-electron chi connectivity index (χ3n) is 6.91. The SMILES string of the molecule is O=C(O)CC1CCC(c2ccc(-c3ccc4nc(CNc5cc(F)ccc5F)cn4c3)cc2)CC1. The number of hydrogen-bond acceptors (Lipinski definition) is 3. The van der Waals surface area contributed by atoms with Crippen LogP contribution in [0.4, 0.5) is 14.5 Å². The summed E-state index contributed by atoms with van der Waals surface area (Å²) in [5, 5.41) is 11.9. The zero-order chi connectivity index (χ0) is 24.4. The van der Waals surface area contributed by atoms with E-state index < -0.39 is 17.6 Å². The number of rotatable bonds is 7. The fourth-order valence-electron chi connectivity index (χ4n) is 5.01. The van der Waals surface area contributed by atoms with Crippen LogP contribution in [0.2, 0.25) is 0 Å². The minimum absolute atomic E-state index is 0.109. The average Bonchev–Trinajstić information content (AvgIpc) is 3.27. The molecular formula is C28H27F2N3O2. The molecule has 0 bridgehead atoms. The van der Waals surface area contributed by atoms with Crippen LogP contribution in [0.1, 0.15) is 49.3 Å². The molecular weight excluding hydrogens is 448 g/mol. The standard InChI is InChI=1S/C28H27F2N3O2/c29-23-10-11-25(30)26(14-23)31-15-24-17-33-16-22(9-12-27(33)32-24)21-7-5-20(6-8-21)19-3-1-18(2-4-19)13-28(34)35/h5-12,14,16-19,31H,1-4,13,15H2,(H,34,35). The van der Waals surface area contributed by atoms with Gasteiger partial charge in [0.15, 0.2) is 0 Å². The minimum atomic E-state index is -0.698. The summed E-state index contributed by atoms with van der Waals surface area (Å²) in [5.74, 6) is -0.905. The molecule has 2 N–H and O–H groups in total. The molecule has 0 aliphatic heterocycles. The molecule has 0 amide bonds. The molecule has 180 valence electrons. The molecule has 0 unspecified atom stereocenters. The molecule has 0 saturated heterocycles. The maximum Gasteiger partial charge on any atom is 0.303 e. The van der Waals surface area contributed by atoms with Crippen molar-refractivity contribution in [3.63, 3.8) is 0 Å². The number of carbonyl (C=O) groups is 1. The van der Waals surface area contributed by atoms with Gasteiger partial charge >= 0.3 is 5.97 Å². The average molecular weight is 476 g/mol. The number of halogens is 2. The van der Waals surface area contributed by atoms with Crippen LogP contribution < -0.4 is 5.32 Å². The molecule has 0 spiro atoms. The molecule has 4 aromatic rings. The molecule has 2 heterocycles. The third kappa shape index (κ3) is 5.34. The summed E-state index contributed by atoms with van der Waals surface area (Å²) in [5.41, 5.74) is 5.08. The Hall–Kier alpha value is -3.74. The molecule has 1 saturated carbocycles. The predicted molar refractivity (Wildman–Crippen MR) is 131 cm³/mol. The summed E-state index contributed by atoms with van der Waals surface area (Å²) in [7, 11) is 0. The first-order valence-corrected chi connectivity index (χ1v) is 11.9. The lowest BCUT2D eigenvalue weighted by Crippen LogP contribution is -2.16. The van der Waals surface area contributed by atoms with Crippen LogP contribution in [0, 0.1) is 17.6 Å². The maximum atomic E-state index is 13.9. The normalized spacial score (nSPS) is 18.0. The van der Waals surface area contributed by atoms with Crippen LogP contribution in [-0.4, -0.2) is 20.5 Å². The second-order valence-corrected chi connectivity index (χ2v) is 9.33. The number of benzene rings is 2. The summed E-state index contributed by atoms with van der Waals surface area (Å²) in [6.07, 6.45) is 8.19. The van der Waals surface area contributed by atoms with Crippen molar-refractivity contribution in [2.45, 2.75) is 44.6 Å². The number of nitrogens with one attached hydrogen (secondary N) is 1. The minimum Gasteiger partial charge on any atom is -0.481 e. The lowest BCUT2D eigenvalue weighted by Gasteiger charge is -2.28. The predicted octanol–water partition coefficient (Wildman–Crippen LogP) is 6.64. The fraction of sp³-hybridized carbons (Fsp3) is 0.286. The largest absolute Gasteiger partial charge is 0.481 e. The topological polar surface area (TPSA) is 66.6 Å². The second-order valence-electron chi connectivity index (χ2n) is 9.33. The van der Waals surface area contributed by atoms with Gasteiger partial charge in [-0.25, -0.2) is 13.8 Å². The Morgan fingerprint density at radius 3 is 2.46 bits per heavy atom. The van der Waals surface area contributed by atoms with Gasteiger partial charge in [0.2, 0.25) is 0 Å². The Morgan fingerprint density at radius 2 is 1.71 bits per heavy atom. The van der Waals surface area contributed by atoms with E-state index in [1.54, 1.807) is 0 Å². The van der Waals surface area contributed by atoms with Gasteiger partial charge in [-0.15, -0.1) is 0 Å². The second kappa shape index (κ2) is 9.86. The van der Waals surface area contributed by atoms with Crippen LogP contribution in [0.25, 0.3) is 16.8 Å². The molecule has 5 rings (SSSR count). The van der Waals surface area contributed by atoms with E-state index in [1.165, 1.54) is 5.56 Å². The fourth-order valence-corrected chi connectivity index (χ4v) is 5.01. The van der Waals surface area contributed by atoms with Gasteiger partial charge < -0.3 is 14.8 Å². The summed E-state index contributed by atoms with van der Waals surface area (Å²) in [6, 6.07) is 15.9. The first-order chi connectivity index (χ1) is 16.9. The van der Waals surface area contributed by atoms with E-state index in [1.807, 2.05) is 28.9 Å². The molecule has 2 aromatic carbocycles. The van der Waals surface area contributed by atoms with Crippen molar-refractivity contribution < 1.29 is 18.7 Å². The Balaban J connectivity index is 1.25. The molecule has 0 radical (unpaired) electrons. The number of aromatic nitrogens is 2. The van der Waals surface area contributed by atoms with Gasteiger partial charge in [-0.05, 0) is 84.5 Å². The van der Waals surface area contributed by atoms with E-state index in [0.29, 0.717) is 11.8 Å². The van der Waals surface area contributed by atoms with Crippen molar-refractivity contribution in [3.8, 4) is 11.1 Å². The van der Waals surface area contributed by atoms with E-state index >= 15 is 0 Å². The highest BCUT2D eigenvalue weighted by atomic mass is 19.1. The molecule has 0 atom stereocenters. The zero-order valence-corrected chi connectivity index (χ0v) is 19.3. The van der Waals surface area contributed by atoms with Crippen molar-refractivity contribution in [2.75, 3.05) is 5.32 Å². The number of imidazole rings is 1. The van der Waals surface area contributed by atoms with E-state index in [0.717, 1.165) is 66.4 Å². The maximum absolute atomic E-state index is 13.9. The Morgan fingerprint density at radius 1 is 0.971 bits per heavy atom. The number of pyridine rings is 1. The van der Waals surface area contributed by atoms with Crippen LogP contribution in [0.5, 0.6) is 0 Å². The van der Waals surface area contributed by atoms with Crippen molar-refractivity contribution in [2.24, 2.45) is 5.92 Å². The van der Waals surface area contributed by atoms with E-state index in [4.69, 9.17) is 5.11 Å². The van der Waals surface area contributed by atoms with E-state index in [9.17, 15) is 13.6 Å². The van der Waals surface area contributed by atoms with E-state index in [2.05, 4.69) is 34.6 Å². The van der Waals surface area contributed by atoms with Crippen LogP contribution in [0.3, 0.4) is 0 Å². The molecule has 5 nitrogen and oxygen atoms in total. The zero-order valence-electron chi connectivity index (χ0n) is 19.3. The van der Waals surface area contributed by atoms with Crippen molar-refractivity contribution in [3.05, 3.63) is 89.9 Å². The number of fused-ring (bicyclic) bond motifs is 1. The van der Waals surface area contributed by atoms with Gasteiger partial charge in [0, 0.05) is 18.8 Å². The van der Waals surface area contributed by atoms with Gasteiger partial charge in [0.05, 0.1) is 17.9 Å². The number of carboxylic acid groups (broad SMARTS) is 1. The lowest BCUT2D eigenvalue weighted by atomic mass is 9.77. The summed E-state index contributed by atoms with van der Waals surface area (Å²) in [6.45, 7) is 0.279. The lowest BCUT2D eigenvalue weighted by molar-refractivity contribution is -0.138. The van der Waals surface area contributed by atoms with Gasteiger partial charge in [-0.1, -0.05) is 24.3 Å². The highest BCUT2D eigenvalue weighted by Gasteiger charge is 2.24. The molecule has 35 heavy (non-hydrogen) atoms. The monoisotopic (exact) mass is 475 g/mol. The Kier molecular flexibility index (Phi) is 6.49. The molecule has 1 aliphatic rings. The third-order valence-corrected chi connectivity index (χ3v) is 6.91. The van der Waals surface area contributed by atoms with Gasteiger partial charge in [-0.3, -0.25) is 4.79 Å². The number of anilines is 1. The number of nitrogens with zero attached hydrogens (tertiary/aromatic N) is 2. The number of carboxylic acids is 1. The molecule has 1 aliphatic carbocycles. The van der Waals surface area contributed by atoms with Crippen molar-refractivity contribution in [1.82, 2.24) is 9.38 Å². The smallest absolute Gasteiger partial charge is 0.303 e. The highest BCUT2D eigenvalue weighted by Crippen LogP contribution is 2.37.